The average Bonchev–Trinajstić information content (AvgIpc) is 3.04. The van der Waals surface area contributed by atoms with Crippen LogP contribution in [0.3, 0.4) is 0 Å². The van der Waals surface area contributed by atoms with E-state index < -0.39 is 0 Å². The van der Waals surface area contributed by atoms with Crippen molar-refractivity contribution in [1.29, 1.82) is 0 Å². The summed E-state index contributed by atoms with van der Waals surface area (Å²) in [4.78, 5) is 35.1. The van der Waals surface area contributed by atoms with Crippen molar-refractivity contribution in [3.05, 3.63) is 64.6 Å². The van der Waals surface area contributed by atoms with Crippen LogP contribution in [0.15, 0.2) is 47.5 Å². The third-order valence-corrected chi connectivity index (χ3v) is 3.88. The van der Waals surface area contributed by atoms with Crippen LogP contribution in [0.1, 0.15) is 18.4 Å². The SMILES string of the molecule is CCc1cc(=O)[nH]c(-c2cccc(NC(=O)NCc3nccn3C)c2)n1. The monoisotopic (exact) mass is 352 g/mol. The molecule has 0 atom stereocenters. The number of anilines is 1. The minimum atomic E-state index is -0.339. The van der Waals surface area contributed by atoms with Gasteiger partial charge in [-0.2, -0.15) is 0 Å². The van der Waals surface area contributed by atoms with Gasteiger partial charge in [0.2, 0.25) is 0 Å². The predicted octanol–water partition coefficient (Wildman–Crippen LogP) is 2.05. The lowest BCUT2D eigenvalue weighted by molar-refractivity contribution is 0.251. The number of benzene rings is 1. The molecule has 8 nitrogen and oxygen atoms in total. The molecule has 0 saturated carbocycles. The number of aromatic amines is 1. The van der Waals surface area contributed by atoms with Crippen molar-refractivity contribution < 1.29 is 4.79 Å². The van der Waals surface area contributed by atoms with Gasteiger partial charge in [0.15, 0.2) is 0 Å². The number of urea groups is 1. The maximum absolute atomic E-state index is 12.1. The highest BCUT2D eigenvalue weighted by Crippen LogP contribution is 2.18. The summed E-state index contributed by atoms with van der Waals surface area (Å²) >= 11 is 0. The maximum Gasteiger partial charge on any atom is 0.319 e. The van der Waals surface area contributed by atoms with Gasteiger partial charge in [-0.15, -0.1) is 0 Å². The summed E-state index contributed by atoms with van der Waals surface area (Å²) in [5.41, 5.74) is 1.84. The van der Waals surface area contributed by atoms with Gasteiger partial charge in [0.1, 0.15) is 11.6 Å². The van der Waals surface area contributed by atoms with E-state index in [4.69, 9.17) is 0 Å². The minimum absolute atomic E-state index is 0.196. The molecule has 2 heterocycles. The Morgan fingerprint density at radius 3 is 2.88 bits per heavy atom. The van der Waals surface area contributed by atoms with Crippen LogP contribution in [-0.2, 0) is 20.0 Å². The number of carbonyl (C=O) groups excluding carboxylic acids is 1. The van der Waals surface area contributed by atoms with E-state index >= 15 is 0 Å². The first kappa shape index (κ1) is 17.4. The van der Waals surface area contributed by atoms with E-state index in [9.17, 15) is 9.59 Å². The topological polar surface area (TPSA) is 105 Å². The van der Waals surface area contributed by atoms with Crippen LogP contribution in [-0.4, -0.2) is 25.6 Å². The Balaban J connectivity index is 1.71. The summed E-state index contributed by atoms with van der Waals surface area (Å²) in [6.45, 7) is 2.26. The molecule has 8 heteroatoms. The number of aromatic nitrogens is 4. The Hall–Kier alpha value is -3.42. The second-order valence-electron chi connectivity index (χ2n) is 5.78. The van der Waals surface area contributed by atoms with Gasteiger partial charge in [-0.1, -0.05) is 19.1 Å². The zero-order valence-corrected chi connectivity index (χ0v) is 14.6. The van der Waals surface area contributed by atoms with E-state index in [-0.39, 0.29) is 11.6 Å². The van der Waals surface area contributed by atoms with Gasteiger partial charge in [-0.05, 0) is 18.6 Å². The first-order valence-electron chi connectivity index (χ1n) is 8.27. The van der Waals surface area contributed by atoms with Crippen LogP contribution in [0.2, 0.25) is 0 Å². The summed E-state index contributed by atoms with van der Waals surface area (Å²) in [7, 11) is 1.86. The lowest BCUT2D eigenvalue weighted by atomic mass is 10.2. The van der Waals surface area contributed by atoms with Gasteiger partial charge in [0, 0.05) is 42.5 Å². The third-order valence-electron chi connectivity index (χ3n) is 3.88. The van der Waals surface area contributed by atoms with Gasteiger partial charge in [0.25, 0.3) is 5.56 Å². The molecule has 0 aliphatic carbocycles. The van der Waals surface area contributed by atoms with Crippen molar-refractivity contribution in [3.63, 3.8) is 0 Å². The number of nitrogens with zero attached hydrogens (tertiary/aromatic N) is 3. The number of imidazole rings is 1. The summed E-state index contributed by atoms with van der Waals surface area (Å²) in [5, 5.41) is 5.52. The average molecular weight is 352 g/mol. The molecule has 2 amide bonds. The highest BCUT2D eigenvalue weighted by atomic mass is 16.2. The van der Waals surface area contributed by atoms with Gasteiger partial charge >= 0.3 is 6.03 Å². The van der Waals surface area contributed by atoms with E-state index in [2.05, 4.69) is 25.6 Å². The first-order valence-corrected chi connectivity index (χ1v) is 8.27. The van der Waals surface area contributed by atoms with Crippen LogP contribution in [0.4, 0.5) is 10.5 Å². The molecule has 0 radical (unpaired) electrons. The molecule has 3 rings (SSSR count). The standard InChI is InChI=1S/C18H20N6O2/c1-3-13-10-16(25)23-17(21-13)12-5-4-6-14(9-12)22-18(26)20-11-15-19-7-8-24(15)2/h4-10H,3,11H2,1-2H3,(H2,20,22,26)(H,21,23,25). The number of carbonyl (C=O) groups is 1. The molecule has 0 bridgehead atoms. The Kier molecular flexibility index (Phi) is 5.12. The molecule has 3 N–H and O–H groups in total. The van der Waals surface area contributed by atoms with Crippen molar-refractivity contribution in [3.8, 4) is 11.4 Å². The van der Waals surface area contributed by atoms with Gasteiger partial charge in [-0.25, -0.2) is 14.8 Å². The van der Waals surface area contributed by atoms with E-state index in [1.165, 1.54) is 6.07 Å². The number of hydrogen-bond acceptors (Lipinski definition) is 4. The summed E-state index contributed by atoms with van der Waals surface area (Å²) in [6, 6.07) is 8.30. The van der Waals surface area contributed by atoms with Gasteiger partial charge in [-0.3, -0.25) is 4.79 Å². The molecule has 0 aliphatic rings. The molecule has 2 aromatic heterocycles. The third kappa shape index (κ3) is 4.15. The number of H-pyrrole nitrogens is 1. The Morgan fingerprint density at radius 1 is 1.31 bits per heavy atom. The molecule has 0 saturated heterocycles. The fourth-order valence-corrected chi connectivity index (χ4v) is 2.47. The zero-order valence-electron chi connectivity index (χ0n) is 14.6. The molecule has 134 valence electrons. The number of nitrogens with one attached hydrogen (secondary N) is 3. The summed E-state index contributed by atoms with van der Waals surface area (Å²) in [6.07, 6.45) is 4.16. The van der Waals surface area contributed by atoms with Crippen molar-refractivity contribution in [1.82, 2.24) is 24.8 Å². The Labute approximate surface area is 150 Å². The Morgan fingerprint density at radius 2 is 2.15 bits per heavy atom. The highest BCUT2D eigenvalue weighted by Gasteiger charge is 2.07. The Bertz CT molecular complexity index is 976. The zero-order chi connectivity index (χ0) is 18.5. The number of aryl methyl sites for hydroxylation is 2. The van der Waals surface area contributed by atoms with Crippen molar-refractivity contribution >= 4 is 11.7 Å². The molecule has 3 aromatic rings. The van der Waals surface area contributed by atoms with Crippen LogP contribution in [0.25, 0.3) is 11.4 Å². The largest absolute Gasteiger partial charge is 0.337 e. The molecule has 1 aromatic carbocycles. The second kappa shape index (κ2) is 7.64. The normalized spacial score (nSPS) is 10.5. The fraction of sp³-hybridized carbons (Fsp3) is 0.222. The van der Waals surface area contributed by atoms with E-state index in [1.54, 1.807) is 24.4 Å². The highest BCUT2D eigenvalue weighted by molar-refractivity contribution is 5.89. The molecule has 26 heavy (non-hydrogen) atoms. The first-order chi connectivity index (χ1) is 12.5. The maximum atomic E-state index is 12.1. The molecule has 0 spiro atoms. The lowest BCUT2D eigenvalue weighted by Gasteiger charge is -2.09. The number of hydrogen-bond donors (Lipinski definition) is 3. The van der Waals surface area contributed by atoms with Crippen LogP contribution >= 0.6 is 0 Å². The van der Waals surface area contributed by atoms with Crippen molar-refractivity contribution in [2.45, 2.75) is 19.9 Å². The minimum Gasteiger partial charge on any atom is -0.337 e. The van der Waals surface area contributed by atoms with Gasteiger partial charge in [0.05, 0.1) is 6.54 Å². The smallest absolute Gasteiger partial charge is 0.319 e. The second-order valence-corrected chi connectivity index (χ2v) is 5.78. The lowest BCUT2D eigenvalue weighted by Crippen LogP contribution is -2.29. The molecular weight excluding hydrogens is 332 g/mol. The summed E-state index contributed by atoms with van der Waals surface area (Å²) in [5.74, 6) is 1.23. The molecule has 0 aliphatic heterocycles. The molecule has 0 unspecified atom stereocenters. The van der Waals surface area contributed by atoms with Crippen LogP contribution < -0.4 is 16.2 Å². The van der Waals surface area contributed by atoms with E-state index in [0.29, 0.717) is 24.5 Å². The summed E-state index contributed by atoms with van der Waals surface area (Å²) < 4.78 is 1.84. The van der Waals surface area contributed by atoms with Crippen LogP contribution in [0.5, 0.6) is 0 Å². The predicted molar refractivity (Wildman–Crippen MR) is 98.7 cm³/mol. The molecular formula is C18H20N6O2. The van der Waals surface area contributed by atoms with E-state index in [0.717, 1.165) is 17.1 Å². The van der Waals surface area contributed by atoms with Gasteiger partial charge < -0.3 is 20.2 Å². The quantitative estimate of drug-likeness (QED) is 0.653. The van der Waals surface area contributed by atoms with E-state index in [1.807, 2.05) is 30.8 Å². The number of rotatable bonds is 5. The van der Waals surface area contributed by atoms with Crippen molar-refractivity contribution in [2.24, 2.45) is 7.05 Å². The fourth-order valence-electron chi connectivity index (χ4n) is 2.47. The molecule has 0 fully saturated rings. The number of amides is 2. The van der Waals surface area contributed by atoms with Crippen molar-refractivity contribution in [2.75, 3.05) is 5.32 Å². The van der Waals surface area contributed by atoms with Crippen LogP contribution in [0, 0.1) is 0 Å².